The van der Waals surface area contributed by atoms with Gasteiger partial charge in [-0.3, -0.25) is 0 Å². The first-order valence-corrected chi connectivity index (χ1v) is 5.39. The van der Waals surface area contributed by atoms with Crippen LogP contribution in [0.3, 0.4) is 0 Å². The summed E-state index contributed by atoms with van der Waals surface area (Å²) in [5.41, 5.74) is 0.550. The highest BCUT2D eigenvalue weighted by atomic mass is 19.1. The monoisotopic (exact) mass is 226 g/mol. The van der Waals surface area contributed by atoms with Gasteiger partial charge in [-0.15, -0.1) is 0 Å². The summed E-state index contributed by atoms with van der Waals surface area (Å²) in [6.45, 7) is 1.78. The molecule has 1 aromatic rings. The van der Waals surface area contributed by atoms with Gasteiger partial charge in [0.05, 0.1) is 19.8 Å². The van der Waals surface area contributed by atoms with Gasteiger partial charge in [0.2, 0.25) is 0 Å². The molecule has 0 bridgehead atoms. The van der Waals surface area contributed by atoms with E-state index >= 15 is 0 Å². The van der Waals surface area contributed by atoms with E-state index in [4.69, 9.17) is 14.6 Å². The molecule has 3 nitrogen and oxygen atoms in total. The molecule has 1 atom stereocenters. The van der Waals surface area contributed by atoms with Crippen LogP contribution in [0.2, 0.25) is 0 Å². The molecule has 0 amide bonds. The lowest BCUT2D eigenvalue weighted by Gasteiger charge is -2.11. The third-order valence-corrected chi connectivity index (χ3v) is 2.68. The van der Waals surface area contributed by atoms with Gasteiger partial charge in [0.1, 0.15) is 0 Å². The Morgan fingerprint density at radius 1 is 1.50 bits per heavy atom. The maximum atomic E-state index is 13.4. The third kappa shape index (κ3) is 2.71. The first-order valence-electron chi connectivity index (χ1n) is 5.39. The van der Waals surface area contributed by atoms with Gasteiger partial charge in [0.25, 0.3) is 0 Å². The van der Waals surface area contributed by atoms with E-state index in [1.165, 1.54) is 6.07 Å². The Balaban J connectivity index is 1.93. The second-order valence-corrected chi connectivity index (χ2v) is 3.96. The van der Waals surface area contributed by atoms with E-state index in [9.17, 15) is 4.39 Å². The molecule has 1 aliphatic rings. The van der Waals surface area contributed by atoms with E-state index in [0.717, 1.165) is 13.0 Å². The van der Waals surface area contributed by atoms with Crippen LogP contribution in [-0.4, -0.2) is 24.9 Å². The van der Waals surface area contributed by atoms with E-state index in [-0.39, 0.29) is 12.4 Å². The van der Waals surface area contributed by atoms with Crippen molar-refractivity contribution in [3.05, 3.63) is 29.6 Å². The van der Waals surface area contributed by atoms with Gasteiger partial charge in [-0.05, 0) is 24.1 Å². The van der Waals surface area contributed by atoms with Gasteiger partial charge in [0.15, 0.2) is 11.6 Å². The summed E-state index contributed by atoms with van der Waals surface area (Å²) in [6, 6.07) is 4.50. The minimum atomic E-state index is -0.425. The van der Waals surface area contributed by atoms with Gasteiger partial charge in [-0.2, -0.15) is 0 Å². The normalized spacial score (nSPS) is 20.0. The Hall–Kier alpha value is -1.13. The molecule has 4 heteroatoms. The molecule has 1 saturated heterocycles. The van der Waals surface area contributed by atoms with Gasteiger partial charge in [0, 0.05) is 12.5 Å². The van der Waals surface area contributed by atoms with Gasteiger partial charge in [-0.1, -0.05) is 6.07 Å². The Labute approximate surface area is 93.8 Å². The van der Waals surface area contributed by atoms with E-state index in [1.54, 1.807) is 12.1 Å². The van der Waals surface area contributed by atoms with Crippen molar-refractivity contribution in [2.24, 2.45) is 5.92 Å². The highest BCUT2D eigenvalue weighted by Crippen LogP contribution is 2.20. The second-order valence-electron chi connectivity index (χ2n) is 3.96. The predicted octanol–water partition coefficient (Wildman–Crippen LogP) is 1.73. The quantitative estimate of drug-likeness (QED) is 0.849. The summed E-state index contributed by atoms with van der Waals surface area (Å²) < 4.78 is 24.0. The fourth-order valence-corrected chi connectivity index (χ4v) is 1.68. The van der Waals surface area contributed by atoms with Crippen molar-refractivity contribution < 1.29 is 19.0 Å². The van der Waals surface area contributed by atoms with Crippen LogP contribution in [0.1, 0.15) is 12.0 Å². The molecule has 88 valence electrons. The predicted molar refractivity (Wildman–Crippen MR) is 56.7 cm³/mol. The molecule has 1 fully saturated rings. The Bertz CT molecular complexity index is 348. The maximum Gasteiger partial charge on any atom is 0.165 e. The number of aliphatic hydroxyl groups excluding tert-OH is 1. The Kier molecular flexibility index (Phi) is 3.74. The van der Waals surface area contributed by atoms with Crippen LogP contribution in [0.25, 0.3) is 0 Å². The topological polar surface area (TPSA) is 38.7 Å². The van der Waals surface area contributed by atoms with Gasteiger partial charge in [-0.25, -0.2) is 4.39 Å². The van der Waals surface area contributed by atoms with E-state index < -0.39 is 5.82 Å². The van der Waals surface area contributed by atoms with Crippen molar-refractivity contribution in [1.82, 2.24) is 0 Å². The van der Waals surface area contributed by atoms with E-state index in [2.05, 4.69) is 0 Å². The molecular formula is C12H15FO3. The molecule has 1 N–H and O–H groups in total. The van der Waals surface area contributed by atoms with Crippen LogP contribution in [0.4, 0.5) is 4.39 Å². The molecular weight excluding hydrogens is 211 g/mol. The fraction of sp³-hybridized carbons (Fsp3) is 0.500. The van der Waals surface area contributed by atoms with Crippen LogP contribution in [0.5, 0.6) is 5.75 Å². The first kappa shape index (κ1) is 11.4. The Morgan fingerprint density at radius 3 is 3.00 bits per heavy atom. The van der Waals surface area contributed by atoms with Crippen LogP contribution < -0.4 is 4.74 Å². The summed E-state index contributed by atoms with van der Waals surface area (Å²) in [7, 11) is 0. The summed E-state index contributed by atoms with van der Waals surface area (Å²) in [5, 5.41) is 8.83. The highest BCUT2D eigenvalue weighted by molar-refractivity contribution is 5.28. The molecule has 0 aromatic heterocycles. The van der Waals surface area contributed by atoms with Crippen molar-refractivity contribution >= 4 is 0 Å². The van der Waals surface area contributed by atoms with Crippen molar-refractivity contribution in [1.29, 1.82) is 0 Å². The number of benzene rings is 1. The minimum Gasteiger partial charge on any atom is -0.490 e. The van der Waals surface area contributed by atoms with Gasteiger partial charge >= 0.3 is 0 Å². The number of ether oxygens (including phenoxy) is 2. The standard InChI is InChI=1S/C12H15FO3/c13-11-5-9(6-14)1-2-12(11)16-8-10-3-4-15-7-10/h1-2,5,10,14H,3-4,6-8H2. The highest BCUT2D eigenvalue weighted by Gasteiger charge is 2.17. The average molecular weight is 226 g/mol. The smallest absolute Gasteiger partial charge is 0.165 e. The fourth-order valence-electron chi connectivity index (χ4n) is 1.68. The second kappa shape index (κ2) is 5.27. The molecule has 16 heavy (non-hydrogen) atoms. The lowest BCUT2D eigenvalue weighted by Crippen LogP contribution is -2.12. The molecule has 2 rings (SSSR count). The number of halogens is 1. The van der Waals surface area contributed by atoms with Crippen molar-refractivity contribution in [3.63, 3.8) is 0 Å². The molecule has 0 aliphatic carbocycles. The summed E-state index contributed by atoms with van der Waals surface area (Å²) in [5.74, 6) is 0.173. The van der Waals surface area contributed by atoms with Crippen molar-refractivity contribution in [3.8, 4) is 5.75 Å². The summed E-state index contributed by atoms with van der Waals surface area (Å²) in [4.78, 5) is 0. The van der Waals surface area contributed by atoms with Crippen LogP contribution in [0, 0.1) is 11.7 Å². The van der Waals surface area contributed by atoms with Crippen LogP contribution >= 0.6 is 0 Å². The number of rotatable bonds is 4. The van der Waals surface area contributed by atoms with Gasteiger partial charge < -0.3 is 14.6 Å². The number of hydrogen-bond donors (Lipinski definition) is 1. The van der Waals surface area contributed by atoms with E-state index in [0.29, 0.717) is 24.7 Å². The minimum absolute atomic E-state index is 0.159. The summed E-state index contributed by atoms with van der Waals surface area (Å²) in [6.07, 6.45) is 0.969. The molecule has 0 radical (unpaired) electrons. The molecule has 1 aromatic carbocycles. The summed E-state index contributed by atoms with van der Waals surface area (Å²) >= 11 is 0. The van der Waals surface area contributed by atoms with Crippen molar-refractivity contribution in [2.45, 2.75) is 13.0 Å². The zero-order valence-electron chi connectivity index (χ0n) is 8.99. The number of hydrogen-bond acceptors (Lipinski definition) is 3. The molecule has 1 heterocycles. The molecule has 1 aliphatic heterocycles. The zero-order valence-corrected chi connectivity index (χ0v) is 8.99. The Morgan fingerprint density at radius 2 is 2.38 bits per heavy atom. The molecule has 1 unspecified atom stereocenters. The lowest BCUT2D eigenvalue weighted by atomic mass is 10.1. The molecule has 0 spiro atoms. The SMILES string of the molecule is OCc1ccc(OCC2CCOC2)c(F)c1. The number of aliphatic hydroxyl groups is 1. The van der Waals surface area contributed by atoms with Crippen molar-refractivity contribution in [2.75, 3.05) is 19.8 Å². The first-order chi connectivity index (χ1) is 7.79. The zero-order chi connectivity index (χ0) is 11.4. The molecule has 0 saturated carbocycles. The lowest BCUT2D eigenvalue weighted by molar-refractivity contribution is 0.165. The third-order valence-electron chi connectivity index (χ3n) is 2.68. The largest absolute Gasteiger partial charge is 0.490 e. The van der Waals surface area contributed by atoms with E-state index in [1.807, 2.05) is 0 Å². The average Bonchev–Trinajstić information content (AvgIpc) is 2.80. The van der Waals surface area contributed by atoms with Crippen LogP contribution in [-0.2, 0) is 11.3 Å². The maximum absolute atomic E-state index is 13.4. The van der Waals surface area contributed by atoms with Crippen LogP contribution in [0.15, 0.2) is 18.2 Å².